The van der Waals surface area contributed by atoms with E-state index >= 15 is 0 Å². The Labute approximate surface area is 91.6 Å². The second-order valence-electron chi connectivity index (χ2n) is 3.16. The maximum absolute atomic E-state index is 11.8. The van der Waals surface area contributed by atoms with Crippen molar-refractivity contribution in [3.05, 3.63) is 46.8 Å². The molecule has 15 heavy (non-hydrogen) atoms. The third kappa shape index (κ3) is 2.00. The van der Waals surface area contributed by atoms with Crippen LogP contribution in [0.1, 0.15) is 0 Å². The van der Waals surface area contributed by atoms with Gasteiger partial charge in [-0.1, -0.05) is 35.8 Å². The first-order chi connectivity index (χ1) is 7.33. The smallest absolute Gasteiger partial charge is 0.268 e. The number of nitrogens with two attached hydrogens (primary N) is 1. The van der Waals surface area contributed by atoms with Crippen molar-refractivity contribution in [2.45, 2.75) is 6.54 Å². The number of nitrogens with zero attached hydrogens (tertiary/aromatic N) is 1. The number of benzene rings is 1. The zero-order chi connectivity index (χ0) is 10.7. The summed E-state index contributed by atoms with van der Waals surface area (Å²) >= 11 is 1.49. The number of rotatable bonds is 3. The highest BCUT2D eigenvalue weighted by atomic mass is 32.1. The summed E-state index contributed by atoms with van der Waals surface area (Å²) in [5, 5.41) is 0.795. The third-order valence-electron chi connectivity index (χ3n) is 2.13. The zero-order valence-corrected chi connectivity index (χ0v) is 9.04. The van der Waals surface area contributed by atoms with Crippen molar-refractivity contribution in [2.75, 3.05) is 6.54 Å². The van der Waals surface area contributed by atoms with Gasteiger partial charge in [0.15, 0.2) is 0 Å². The van der Waals surface area contributed by atoms with E-state index in [0.717, 1.165) is 10.1 Å². The van der Waals surface area contributed by atoms with Gasteiger partial charge in [0.05, 0.1) is 16.6 Å². The van der Waals surface area contributed by atoms with Crippen LogP contribution in [0.15, 0.2) is 41.2 Å². The normalized spacial score (nSPS) is 11.5. The van der Waals surface area contributed by atoms with Crippen LogP contribution >= 0.6 is 11.5 Å². The van der Waals surface area contributed by atoms with Crippen molar-refractivity contribution in [1.29, 1.82) is 0 Å². The fourth-order valence-corrected chi connectivity index (χ4v) is 2.38. The van der Waals surface area contributed by atoms with E-state index in [0.29, 0.717) is 13.1 Å². The minimum absolute atomic E-state index is 0.0808. The fourth-order valence-electron chi connectivity index (χ4n) is 1.40. The van der Waals surface area contributed by atoms with Crippen LogP contribution < -0.4 is 11.3 Å². The van der Waals surface area contributed by atoms with Gasteiger partial charge in [0, 0.05) is 6.54 Å². The molecule has 0 aliphatic carbocycles. The molecule has 0 aliphatic heterocycles. The number of fused-ring (bicyclic) bond motifs is 1. The van der Waals surface area contributed by atoms with E-state index in [1.807, 2.05) is 36.4 Å². The maximum atomic E-state index is 11.8. The molecule has 2 rings (SSSR count). The van der Waals surface area contributed by atoms with Crippen molar-refractivity contribution < 1.29 is 0 Å². The van der Waals surface area contributed by atoms with E-state index in [1.54, 1.807) is 3.96 Å². The predicted octanol–water partition coefficient (Wildman–Crippen LogP) is 1.58. The first kappa shape index (κ1) is 10.1. The van der Waals surface area contributed by atoms with Crippen LogP contribution in [0, 0.1) is 0 Å². The number of aromatic nitrogens is 1. The molecule has 3 nitrogen and oxygen atoms in total. The quantitative estimate of drug-likeness (QED) is 0.798. The van der Waals surface area contributed by atoms with Gasteiger partial charge in [-0.25, -0.2) is 0 Å². The van der Waals surface area contributed by atoms with Crippen molar-refractivity contribution in [3.63, 3.8) is 0 Å². The molecule has 78 valence electrons. The summed E-state index contributed by atoms with van der Waals surface area (Å²) in [6, 6.07) is 7.65. The molecule has 0 bridgehead atoms. The average Bonchev–Trinajstić information content (AvgIpc) is 2.57. The molecule has 0 radical (unpaired) electrons. The molecular weight excluding hydrogens is 208 g/mol. The van der Waals surface area contributed by atoms with Gasteiger partial charge in [0.1, 0.15) is 0 Å². The van der Waals surface area contributed by atoms with Crippen LogP contribution in [0.3, 0.4) is 0 Å². The van der Waals surface area contributed by atoms with Crippen molar-refractivity contribution >= 4 is 21.6 Å². The van der Waals surface area contributed by atoms with Gasteiger partial charge in [-0.05, 0) is 12.1 Å². The fraction of sp³-hybridized carbons (Fsp3) is 0.182. The largest absolute Gasteiger partial charge is 0.327 e. The second kappa shape index (κ2) is 4.42. The Morgan fingerprint density at radius 1 is 1.33 bits per heavy atom. The summed E-state index contributed by atoms with van der Waals surface area (Å²) in [5.74, 6) is 0. The lowest BCUT2D eigenvalue weighted by Crippen LogP contribution is -2.11. The number of allylic oxidation sites excluding steroid dienone is 1. The number of hydrogen-bond acceptors (Lipinski definition) is 3. The monoisotopic (exact) mass is 220 g/mol. The Balaban J connectivity index is 2.40. The minimum atomic E-state index is 0.0808. The molecule has 0 unspecified atom stereocenters. The van der Waals surface area contributed by atoms with Gasteiger partial charge < -0.3 is 5.73 Å². The van der Waals surface area contributed by atoms with Crippen molar-refractivity contribution in [3.8, 4) is 0 Å². The molecule has 2 aromatic rings. The summed E-state index contributed by atoms with van der Waals surface area (Å²) in [5.41, 5.74) is 5.42. The molecule has 2 N–H and O–H groups in total. The lowest BCUT2D eigenvalue weighted by atomic mass is 10.3. The van der Waals surface area contributed by atoms with Gasteiger partial charge in [0.2, 0.25) is 0 Å². The van der Waals surface area contributed by atoms with Crippen LogP contribution in [0.25, 0.3) is 10.1 Å². The van der Waals surface area contributed by atoms with E-state index in [-0.39, 0.29) is 5.56 Å². The van der Waals surface area contributed by atoms with Gasteiger partial charge in [0.25, 0.3) is 5.56 Å². The molecule has 0 saturated heterocycles. The highest BCUT2D eigenvalue weighted by molar-refractivity contribution is 7.13. The lowest BCUT2D eigenvalue weighted by molar-refractivity contribution is 0.879. The molecule has 1 aromatic carbocycles. The van der Waals surface area contributed by atoms with Gasteiger partial charge in [-0.15, -0.1) is 0 Å². The highest BCUT2D eigenvalue weighted by Gasteiger charge is 2.04. The van der Waals surface area contributed by atoms with E-state index in [2.05, 4.69) is 0 Å². The Morgan fingerprint density at radius 3 is 2.87 bits per heavy atom. The molecule has 1 heterocycles. The van der Waals surface area contributed by atoms with Crippen LogP contribution in [0.2, 0.25) is 0 Å². The summed E-state index contributed by atoms with van der Waals surface area (Å²) < 4.78 is 2.76. The zero-order valence-electron chi connectivity index (χ0n) is 8.22. The first-order valence-electron chi connectivity index (χ1n) is 4.77. The van der Waals surface area contributed by atoms with Gasteiger partial charge in [-0.2, -0.15) is 0 Å². The molecule has 4 heteroatoms. The summed E-state index contributed by atoms with van der Waals surface area (Å²) in [6.07, 6.45) is 3.77. The molecule has 0 saturated carbocycles. The Bertz CT molecular complexity index is 539. The highest BCUT2D eigenvalue weighted by Crippen LogP contribution is 2.15. The predicted molar refractivity (Wildman–Crippen MR) is 64.3 cm³/mol. The van der Waals surface area contributed by atoms with E-state index < -0.39 is 0 Å². The lowest BCUT2D eigenvalue weighted by Gasteiger charge is -1.91. The minimum Gasteiger partial charge on any atom is -0.327 e. The standard InChI is InChI=1S/C11H12N2OS/c12-7-3-4-8-13-11(14)9-5-1-2-6-10(9)15-13/h1-6H,7-8,12H2/b4-3+. The average molecular weight is 220 g/mol. The third-order valence-corrected chi connectivity index (χ3v) is 3.21. The Morgan fingerprint density at radius 2 is 2.13 bits per heavy atom. The topological polar surface area (TPSA) is 48.0 Å². The van der Waals surface area contributed by atoms with Crippen LogP contribution in [-0.2, 0) is 6.54 Å². The van der Waals surface area contributed by atoms with E-state index in [1.165, 1.54) is 11.5 Å². The molecule has 0 aliphatic rings. The molecule has 0 spiro atoms. The van der Waals surface area contributed by atoms with Crippen LogP contribution in [-0.4, -0.2) is 10.5 Å². The molecular formula is C11H12N2OS. The summed E-state index contributed by atoms with van der Waals surface area (Å²) in [4.78, 5) is 11.8. The van der Waals surface area contributed by atoms with Crippen LogP contribution in [0.5, 0.6) is 0 Å². The van der Waals surface area contributed by atoms with Gasteiger partial charge in [-0.3, -0.25) is 8.75 Å². The number of hydrogen-bond donors (Lipinski definition) is 1. The second-order valence-corrected chi connectivity index (χ2v) is 4.22. The molecule has 0 atom stereocenters. The summed E-state index contributed by atoms with van der Waals surface area (Å²) in [7, 11) is 0. The Hall–Kier alpha value is -1.39. The first-order valence-corrected chi connectivity index (χ1v) is 5.54. The SMILES string of the molecule is NC/C=C/Cn1sc2ccccc2c1=O. The van der Waals surface area contributed by atoms with Crippen LogP contribution in [0.4, 0.5) is 0 Å². The Kier molecular flexibility index (Phi) is 2.99. The maximum Gasteiger partial charge on any atom is 0.268 e. The molecule has 0 fully saturated rings. The van der Waals surface area contributed by atoms with Gasteiger partial charge >= 0.3 is 0 Å². The molecule has 0 amide bonds. The summed E-state index contributed by atoms with van der Waals surface area (Å²) in [6.45, 7) is 1.12. The molecule has 1 aromatic heterocycles. The van der Waals surface area contributed by atoms with E-state index in [4.69, 9.17) is 5.73 Å². The van der Waals surface area contributed by atoms with Crippen molar-refractivity contribution in [1.82, 2.24) is 3.96 Å². The van der Waals surface area contributed by atoms with Crippen molar-refractivity contribution in [2.24, 2.45) is 5.73 Å². The van der Waals surface area contributed by atoms with E-state index in [9.17, 15) is 4.79 Å².